The number of carbonyl (C=O) groups is 1. The van der Waals surface area contributed by atoms with Crippen LogP contribution in [0.4, 0.5) is 0 Å². The fourth-order valence-electron chi connectivity index (χ4n) is 2.85. The molecule has 0 spiro atoms. The van der Waals surface area contributed by atoms with Gasteiger partial charge in [0.1, 0.15) is 0 Å². The van der Waals surface area contributed by atoms with Gasteiger partial charge in [-0.25, -0.2) is 0 Å². The van der Waals surface area contributed by atoms with Crippen molar-refractivity contribution in [2.24, 2.45) is 0 Å². The maximum absolute atomic E-state index is 12.2. The molecule has 23 heavy (non-hydrogen) atoms. The first-order valence-corrected chi connectivity index (χ1v) is 8.29. The zero-order valence-corrected chi connectivity index (χ0v) is 14.5. The minimum absolute atomic E-state index is 0.0442. The van der Waals surface area contributed by atoms with E-state index in [-0.39, 0.29) is 11.4 Å². The van der Waals surface area contributed by atoms with Gasteiger partial charge in [0.25, 0.3) is 0 Å². The molecule has 0 bridgehead atoms. The molecule has 1 N–H and O–H groups in total. The third-order valence-corrected chi connectivity index (χ3v) is 4.29. The normalized spacial score (nSPS) is 16.5. The average molecular weight is 319 g/mol. The summed E-state index contributed by atoms with van der Waals surface area (Å²) < 4.78 is 5.39. The molecule has 1 saturated heterocycles. The highest BCUT2D eigenvalue weighted by Gasteiger charge is 2.28. The molecular formula is C18H29N3O2. The Morgan fingerprint density at radius 3 is 2.57 bits per heavy atom. The molecule has 0 aromatic heterocycles. The summed E-state index contributed by atoms with van der Waals surface area (Å²) in [5.74, 6) is 0.0739. The van der Waals surface area contributed by atoms with E-state index in [2.05, 4.69) is 36.2 Å². The Labute approximate surface area is 139 Å². The van der Waals surface area contributed by atoms with E-state index in [0.717, 1.165) is 32.8 Å². The maximum atomic E-state index is 12.2. The average Bonchev–Trinajstić information content (AvgIpc) is 2.55. The van der Waals surface area contributed by atoms with E-state index in [4.69, 9.17) is 4.74 Å². The van der Waals surface area contributed by atoms with Crippen LogP contribution in [0.25, 0.3) is 0 Å². The Morgan fingerprint density at radius 1 is 1.26 bits per heavy atom. The highest BCUT2D eigenvalue weighted by atomic mass is 16.5. The van der Waals surface area contributed by atoms with Crippen LogP contribution in [0.5, 0.6) is 0 Å². The summed E-state index contributed by atoms with van der Waals surface area (Å²) >= 11 is 0. The fourth-order valence-corrected chi connectivity index (χ4v) is 2.85. The summed E-state index contributed by atoms with van der Waals surface area (Å²) in [6, 6.07) is 10.2. The van der Waals surface area contributed by atoms with Gasteiger partial charge in [-0.2, -0.15) is 0 Å². The minimum atomic E-state index is -0.0442. The fraction of sp³-hybridized carbons (Fsp3) is 0.611. The molecule has 128 valence electrons. The molecule has 1 aliphatic rings. The molecule has 0 unspecified atom stereocenters. The lowest BCUT2D eigenvalue weighted by Crippen LogP contribution is -2.56. The van der Waals surface area contributed by atoms with Crippen molar-refractivity contribution in [2.45, 2.75) is 25.9 Å². The van der Waals surface area contributed by atoms with Crippen molar-refractivity contribution in [3.8, 4) is 0 Å². The van der Waals surface area contributed by atoms with Crippen LogP contribution in [0.1, 0.15) is 19.4 Å². The van der Waals surface area contributed by atoms with Crippen LogP contribution in [0.15, 0.2) is 30.3 Å². The lowest BCUT2D eigenvalue weighted by atomic mass is 10.0. The van der Waals surface area contributed by atoms with Crippen LogP contribution >= 0.6 is 0 Å². The van der Waals surface area contributed by atoms with Gasteiger partial charge in [0.2, 0.25) is 5.91 Å². The quantitative estimate of drug-likeness (QED) is 0.824. The maximum Gasteiger partial charge on any atom is 0.234 e. The number of benzene rings is 1. The van der Waals surface area contributed by atoms with Gasteiger partial charge in [-0.3, -0.25) is 14.6 Å². The number of carbonyl (C=O) groups excluding carboxylic acids is 1. The van der Waals surface area contributed by atoms with Gasteiger partial charge in [0.15, 0.2) is 0 Å². The van der Waals surface area contributed by atoms with Gasteiger partial charge in [-0.05, 0) is 26.5 Å². The second-order valence-corrected chi connectivity index (χ2v) is 6.85. The van der Waals surface area contributed by atoms with Crippen LogP contribution < -0.4 is 5.32 Å². The zero-order valence-electron chi connectivity index (χ0n) is 14.5. The van der Waals surface area contributed by atoms with Gasteiger partial charge in [0, 0.05) is 31.7 Å². The van der Waals surface area contributed by atoms with E-state index in [1.54, 1.807) is 0 Å². The summed E-state index contributed by atoms with van der Waals surface area (Å²) in [5.41, 5.74) is 1.17. The van der Waals surface area contributed by atoms with Crippen molar-refractivity contribution in [3.05, 3.63) is 35.9 Å². The second kappa shape index (κ2) is 8.43. The van der Waals surface area contributed by atoms with Crippen molar-refractivity contribution in [3.63, 3.8) is 0 Å². The highest BCUT2D eigenvalue weighted by Crippen LogP contribution is 2.15. The van der Waals surface area contributed by atoms with Gasteiger partial charge in [-0.1, -0.05) is 30.3 Å². The van der Waals surface area contributed by atoms with Gasteiger partial charge >= 0.3 is 0 Å². The van der Waals surface area contributed by atoms with E-state index < -0.39 is 0 Å². The summed E-state index contributed by atoms with van der Waals surface area (Å²) in [6.45, 7) is 9.60. The summed E-state index contributed by atoms with van der Waals surface area (Å²) in [7, 11) is 1.97. The van der Waals surface area contributed by atoms with E-state index in [1.807, 2.05) is 30.1 Å². The number of hydrogen-bond donors (Lipinski definition) is 1. The molecule has 1 aromatic carbocycles. The topological polar surface area (TPSA) is 44.8 Å². The minimum Gasteiger partial charge on any atom is -0.379 e. The Morgan fingerprint density at radius 2 is 1.91 bits per heavy atom. The molecule has 5 heteroatoms. The highest BCUT2D eigenvalue weighted by molar-refractivity contribution is 5.78. The predicted octanol–water partition coefficient (Wildman–Crippen LogP) is 1.35. The lowest BCUT2D eigenvalue weighted by molar-refractivity contribution is -0.122. The number of nitrogens with zero attached hydrogens (tertiary/aromatic N) is 2. The summed E-state index contributed by atoms with van der Waals surface area (Å²) in [4.78, 5) is 16.6. The molecule has 0 atom stereocenters. The third-order valence-electron chi connectivity index (χ3n) is 4.29. The largest absolute Gasteiger partial charge is 0.379 e. The number of rotatable bonds is 7. The molecule has 0 saturated carbocycles. The Kier molecular flexibility index (Phi) is 6.57. The van der Waals surface area contributed by atoms with Crippen molar-refractivity contribution in [2.75, 3.05) is 46.4 Å². The van der Waals surface area contributed by atoms with Gasteiger partial charge < -0.3 is 10.1 Å². The first-order valence-electron chi connectivity index (χ1n) is 8.29. The molecular weight excluding hydrogens is 290 g/mol. The Bertz CT molecular complexity index is 484. The first kappa shape index (κ1) is 17.9. The van der Waals surface area contributed by atoms with Crippen LogP contribution in [0.3, 0.4) is 0 Å². The van der Waals surface area contributed by atoms with E-state index in [9.17, 15) is 4.79 Å². The number of nitrogens with one attached hydrogen (secondary N) is 1. The van der Waals surface area contributed by atoms with E-state index in [0.29, 0.717) is 13.1 Å². The molecule has 1 amide bonds. The van der Waals surface area contributed by atoms with Crippen LogP contribution in [0, 0.1) is 0 Å². The number of likely N-dealkylation sites (N-methyl/N-ethyl adjacent to an activating group) is 1. The molecule has 0 radical (unpaired) electrons. The molecule has 2 rings (SSSR count). The summed E-state index contributed by atoms with van der Waals surface area (Å²) in [5, 5.41) is 3.07. The standard InChI is InChI=1S/C18H29N3O2/c1-18(2,21-9-11-23-12-10-21)15-19-17(22)14-20(3)13-16-7-5-4-6-8-16/h4-8H,9-15H2,1-3H3,(H,19,22). The lowest BCUT2D eigenvalue weighted by Gasteiger charge is -2.40. The summed E-state index contributed by atoms with van der Waals surface area (Å²) in [6.07, 6.45) is 0. The smallest absolute Gasteiger partial charge is 0.234 e. The Hall–Kier alpha value is -1.43. The molecule has 0 aliphatic carbocycles. The molecule has 1 aliphatic heterocycles. The third kappa shape index (κ3) is 5.94. The zero-order chi connectivity index (χ0) is 16.7. The molecule has 5 nitrogen and oxygen atoms in total. The van der Waals surface area contributed by atoms with Crippen molar-refractivity contribution >= 4 is 5.91 Å². The second-order valence-electron chi connectivity index (χ2n) is 6.85. The SMILES string of the molecule is CN(CC(=O)NCC(C)(C)N1CCOCC1)Cc1ccccc1. The predicted molar refractivity (Wildman–Crippen MR) is 92.3 cm³/mol. The number of ether oxygens (including phenoxy) is 1. The van der Waals surface area contributed by atoms with Crippen LogP contribution in [-0.4, -0.2) is 67.7 Å². The number of amides is 1. The van der Waals surface area contributed by atoms with Crippen molar-refractivity contribution in [1.82, 2.24) is 15.1 Å². The number of hydrogen-bond acceptors (Lipinski definition) is 4. The monoisotopic (exact) mass is 319 g/mol. The van der Waals surface area contributed by atoms with Gasteiger partial charge in [-0.15, -0.1) is 0 Å². The van der Waals surface area contributed by atoms with E-state index in [1.165, 1.54) is 5.56 Å². The van der Waals surface area contributed by atoms with Crippen LogP contribution in [0.2, 0.25) is 0 Å². The van der Waals surface area contributed by atoms with E-state index >= 15 is 0 Å². The van der Waals surface area contributed by atoms with Crippen molar-refractivity contribution < 1.29 is 9.53 Å². The Balaban J connectivity index is 1.73. The molecule has 1 heterocycles. The number of morpholine rings is 1. The van der Waals surface area contributed by atoms with Gasteiger partial charge in [0.05, 0.1) is 19.8 Å². The van der Waals surface area contributed by atoms with Crippen LogP contribution in [-0.2, 0) is 16.1 Å². The molecule has 1 fully saturated rings. The first-order chi connectivity index (χ1) is 11.0. The molecule has 1 aromatic rings. The van der Waals surface area contributed by atoms with Crippen molar-refractivity contribution in [1.29, 1.82) is 0 Å².